The molecule has 2 atom stereocenters. The summed E-state index contributed by atoms with van der Waals surface area (Å²) in [5.41, 5.74) is 3.65. The maximum Gasteiger partial charge on any atom is 0.333 e. The van der Waals surface area contributed by atoms with Gasteiger partial charge in [-0.05, 0) is 47.5 Å². The van der Waals surface area contributed by atoms with Crippen LogP contribution in [0.15, 0.2) is 0 Å². The Morgan fingerprint density at radius 2 is 1.91 bits per heavy atom. The Kier molecular flexibility index (Phi) is 6.16. The summed E-state index contributed by atoms with van der Waals surface area (Å²) < 4.78 is 10.5. The second kappa shape index (κ2) is 7.29. The van der Waals surface area contributed by atoms with Crippen molar-refractivity contribution in [2.24, 2.45) is 5.73 Å². The minimum atomic E-state index is -1.33. The third-order valence-corrected chi connectivity index (χ3v) is 3.67. The Hall–Kier alpha value is -1.63. The Labute approximate surface area is 137 Å². The highest BCUT2D eigenvalue weighted by molar-refractivity contribution is 5.94. The van der Waals surface area contributed by atoms with E-state index in [-0.39, 0.29) is 18.9 Å². The van der Waals surface area contributed by atoms with Crippen molar-refractivity contribution < 1.29 is 23.9 Å². The fourth-order valence-corrected chi connectivity index (χ4v) is 2.74. The van der Waals surface area contributed by atoms with Gasteiger partial charge in [-0.15, -0.1) is 0 Å². The number of hydrogen-bond donors (Lipinski definition) is 1. The summed E-state index contributed by atoms with van der Waals surface area (Å²) in [5, 5.41) is 0. The number of rotatable bonds is 5. The smallest absolute Gasteiger partial charge is 0.333 e. The summed E-state index contributed by atoms with van der Waals surface area (Å²) in [6.45, 7) is 9.08. The molecule has 7 nitrogen and oxygen atoms in total. The molecule has 0 radical (unpaired) electrons. The minimum absolute atomic E-state index is 0.213. The van der Waals surface area contributed by atoms with Crippen molar-refractivity contribution in [2.75, 3.05) is 13.2 Å². The zero-order valence-corrected chi connectivity index (χ0v) is 14.7. The van der Waals surface area contributed by atoms with Gasteiger partial charge >= 0.3 is 11.9 Å². The third-order valence-electron chi connectivity index (χ3n) is 3.67. The van der Waals surface area contributed by atoms with Gasteiger partial charge in [0, 0.05) is 6.54 Å². The molecule has 1 aliphatic heterocycles. The first-order chi connectivity index (χ1) is 10.5. The monoisotopic (exact) mass is 328 g/mol. The average Bonchev–Trinajstić information content (AvgIpc) is 2.80. The van der Waals surface area contributed by atoms with Crippen LogP contribution in [0.25, 0.3) is 0 Å². The highest BCUT2D eigenvalue weighted by atomic mass is 16.6. The summed E-state index contributed by atoms with van der Waals surface area (Å²) >= 11 is 0. The molecule has 23 heavy (non-hydrogen) atoms. The SMILES string of the molecule is CCOC(=O)C[C@]1(C(=O)OC(C)(C)C)CCCN1C(=O)[C@H](C)N. The second-order valence-corrected chi connectivity index (χ2v) is 6.90. The highest BCUT2D eigenvalue weighted by Gasteiger charge is 2.53. The lowest BCUT2D eigenvalue weighted by atomic mass is 9.91. The number of nitrogens with zero attached hydrogens (tertiary/aromatic N) is 1. The number of amides is 1. The van der Waals surface area contributed by atoms with Crippen LogP contribution in [0.2, 0.25) is 0 Å². The summed E-state index contributed by atoms with van der Waals surface area (Å²) in [5.74, 6) is -1.47. The number of carbonyl (C=O) groups is 3. The molecule has 1 saturated heterocycles. The van der Waals surface area contributed by atoms with Crippen LogP contribution in [0.5, 0.6) is 0 Å². The number of likely N-dealkylation sites (tertiary alicyclic amines) is 1. The van der Waals surface area contributed by atoms with Crippen molar-refractivity contribution in [1.82, 2.24) is 4.90 Å². The van der Waals surface area contributed by atoms with Gasteiger partial charge in [0.15, 0.2) is 5.54 Å². The van der Waals surface area contributed by atoms with Gasteiger partial charge in [-0.3, -0.25) is 9.59 Å². The molecule has 0 unspecified atom stereocenters. The van der Waals surface area contributed by atoms with Crippen LogP contribution in [0.4, 0.5) is 0 Å². The molecular formula is C16H28N2O5. The first kappa shape index (κ1) is 19.4. The molecular weight excluding hydrogens is 300 g/mol. The number of nitrogens with two attached hydrogens (primary N) is 1. The molecule has 2 N–H and O–H groups in total. The number of carbonyl (C=O) groups excluding carboxylic acids is 3. The zero-order valence-electron chi connectivity index (χ0n) is 14.7. The van der Waals surface area contributed by atoms with Gasteiger partial charge in [0.2, 0.25) is 5.91 Å². The van der Waals surface area contributed by atoms with Gasteiger partial charge in [-0.1, -0.05) is 0 Å². The van der Waals surface area contributed by atoms with E-state index >= 15 is 0 Å². The van der Waals surface area contributed by atoms with Crippen LogP contribution >= 0.6 is 0 Å². The third kappa shape index (κ3) is 4.67. The summed E-state index contributed by atoms with van der Waals surface area (Å²) in [4.78, 5) is 38.6. The molecule has 7 heteroatoms. The lowest BCUT2D eigenvalue weighted by molar-refractivity contribution is -0.176. The molecule has 1 amide bonds. The molecule has 0 saturated carbocycles. The molecule has 1 rings (SSSR count). The van der Waals surface area contributed by atoms with E-state index in [2.05, 4.69) is 0 Å². The van der Waals surface area contributed by atoms with Crippen molar-refractivity contribution in [2.45, 2.75) is 71.1 Å². The van der Waals surface area contributed by atoms with Gasteiger partial charge in [0.05, 0.1) is 19.1 Å². The van der Waals surface area contributed by atoms with Gasteiger partial charge < -0.3 is 20.1 Å². The summed E-state index contributed by atoms with van der Waals surface area (Å²) in [6, 6.07) is -0.753. The normalized spacial score (nSPS) is 22.6. The predicted molar refractivity (Wildman–Crippen MR) is 84.4 cm³/mol. The summed E-state index contributed by atoms with van der Waals surface area (Å²) in [6.07, 6.45) is 0.754. The number of ether oxygens (including phenoxy) is 2. The van der Waals surface area contributed by atoms with Crippen molar-refractivity contribution in [1.29, 1.82) is 0 Å². The van der Waals surface area contributed by atoms with Crippen LogP contribution in [0, 0.1) is 0 Å². The second-order valence-electron chi connectivity index (χ2n) is 6.90. The molecule has 0 aromatic heterocycles. The van der Waals surface area contributed by atoms with Crippen molar-refractivity contribution in [3.8, 4) is 0 Å². The van der Waals surface area contributed by atoms with E-state index in [1.807, 2.05) is 0 Å². The quantitative estimate of drug-likeness (QED) is 0.756. The van der Waals surface area contributed by atoms with Gasteiger partial charge in [0.25, 0.3) is 0 Å². The molecule has 1 aliphatic rings. The van der Waals surface area contributed by atoms with E-state index in [9.17, 15) is 14.4 Å². The van der Waals surface area contributed by atoms with Crippen molar-refractivity contribution >= 4 is 17.8 Å². The average molecular weight is 328 g/mol. The largest absolute Gasteiger partial charge is 0.466 e. The molecule has 0 aromatic carbocycles. The Balaban J connectivity index is 3.16. The van der Waals surface area contributed by atoms with Crippen LogP contribution < -0.4 is 5.73 Å². The lowest BCUT2D eigenvalue weighted by Crippen LogP contribution is -2.59. The Morgan fingerprint density at radius 1 is 1.30 bits per heavy atom. The van der Waals surface area contributed by atoms with Gasteiger partial charge in [-0.25, -0.2) is 4.79 Å². The lowest BCUT2D eigenvalue weighted by Gasteiger charge is -2.38. The molecule has 0 aliphatic carbocycles. The van der Waals surface area contributed by atoms with Crippen molar-refractivity contribution in [3.05, 3.63) is 0 Å². The first-order valence-electron chi connectivity index (χ1n) is 7.99. The van der Waals surface area contributed by atoms with E-state index in [4.69, 9.17) is 15.2 Å². The molecule has 1 heterocycles. The zero-order chi connectivity index (χ0) is 17.8. The molecule has 0 spiro atoms. The highest BCUT2D eigenvalue weighted by Crippen LogP contribution is 2.36. The van der Waals surface area contributed by atoms with Crippen LogP contribution in [-0.4, -0.2) is 53.1 Å². The van der Waals surface area contributed by atoms with E-state index in [1.165, 1.54) is 4.90 Å². The van der Waals surface area contributed by atoms with Gasteiger partial charge in [0.1, 0.15) is 5.60 Å². The minimum Gasteiger partial charge on any atom is -0.466 e. The van der Waals surface area contributed by atoms with E-state index in [0.717, 1.165) is 0 Å². The Bertz CT molecular complexity index is 470. The fraction of sp³-hybridized carbons (Fsp3) is 0.812. The first-order valence-corrected chi connectivity index (χ1v) is 7.99. The molecule has 132 valence electrons. The standard InChI is InChI=1S/C16H28N2O5/c1-6-22-12(19)10-16(14(21)23-15(3,4)5)8-7-9-18(16)13(20)11(2)17/h11H,6-10,17H2,1-5H3/t11-,16-/m0/s1. The van der Waals surface area contributed by atoms with Gasteiger partial charge in [-0.2, -0.15) is 0 Å². The maximum absolute atomic E-state index is 12.8. The molecule has 1 fully saturated rings. The molecule has 0 bridgehead atoms. The van der Waals surface area contributed by atoms with Crippen LogP contribution in [-0.2, 0) is 23.9 Å². The molecule has 0 aromatic rings. The topological polar surface area (TPSA) is 98.9 Å². The maximum atomic E-state index is 12.8. The van der Waals surface area contributed by atoms with E-state index in [0.29, 0.717) is 19.4 Å². The number of hydrogen-bond acceptors (Lipinski definition) is 6. The Morgan fingerprint density at radius 3 is 2.39 bits per heavy atom. The van der Waals surface area contributed by atoms with E-state index in [1.54, 1.807) is 34.6 Å². The summed E-state index contributed by atoms with van der Waals surface area (Å²) in [7, 11) is 0. The van der Waals surface area contributed by atoms with Crippen LogP contribution in [0.1, 0.15) is 53.9 Å². The predicted octanol–water partition coefficient (Wildman–Crippen LogP) is 0.990. The van der Waals surface area contributed by atoms with Crippen molar-refractivity contribution in [3.63, 3.8) is 0 Å². The number of esters is 2. The van der Waals surface area contributed by atoms with Crippen LogP contribution in [0.3, 0.4) is 0 Å². The van der Waals surface area contributed by atoms with E-state index < -0.39 is 29.1 Å². The fourth-order valence-electron chi connectivity index (χ4n) is 2.74.